The Morgan fingerprint density at radius 2 is 1.89 bits per heavy atom. The van der Waals surface area contributed by atoms with Crippen molar-refractivity contribution < 1.29 is 4.74 Å². The van der Waals surface area contributed by atoms with Crippen LogP contribution >= 0.6 is 11.3 Å². The second-order valence-electron chi connectivity index (χ2n) is 8.18. The lowest BCUT2D eigenvalue weighted by atomic mass is 9.94. The summed E-state index contributed by atoms with van der Waals surface area (Å²) in [6, 6.07) is 8.33. The summed E-state index contributed by atoms with van der Waals surface area (Å²) in [7, 11) is 4.07. The molecule has 0 amide bonds. The van der Waals surface area contributed by atoms with Crippen molar-refractivity contribution in [3.05, 3.63) is 40.5 Å². The van der Waals surface area contributed by atoms with E-state index in [9.17, 15) is 0 Å². The van der Waals surface area contributed by atoms with Crippen LogP contribution in [0.4, 0.5) is 5.69 Å². The van der Waals surface area contributed by atoms with E-state index in [1.807, 2.05) is 25.5 Å². The number of anilines is 1. The van der Waals surface area contributed by atoms with Crippen LogP contribution in [0.5, 0.6) is 0 Å². The first kappa shape index (κ1) is 17.6. The van der Waals surface area contributed by atoms with Crippen LogP contribution in [0.25, 0.3) is 27.3 Å². The third-order valence-electron chi connectivity index (χ3n) is 5.31. The lowest BCUT2D eigenvalue weighted by Gasteiger charge is -2.30. The molecule has 0 bridgehead atoms. The third-order valence-corrected chi connectivity index (χ3v) is 6.41. The van der Waals surface area contributed by atoms with E-state index < -0.39 is 0 Å². The molecule has 0 spiro atoms. The van der Waals surface area contributed by atoms with E-state index in [0.29, 0.717) is 6.61 Å². The number of rotatable bonds is 2. The SMILES string of the molecule is Cc1nc2sc3c(c2c2nc(-c4ccc(N(C)C)cc4)nn12)CC(C)(C)OC3. The molecule has 0 atom stereocenters. The zero-order valence-electron chi connectivity index (χ0n) is 16.8. The summed E-state index contributed by atoms with van der Waals surface area (Å²) < 4.78 is 7.89. The molecule has 0 radical (unpaired) electrons. The summed E-state index contributed by atoms with van der Waals surface area (Å²) in [4.78, 5) is 14.1. The molecule has 28 heavy (non-hydrogen) atoms. The maximum absolute atomic E-state index is 6.00. The molecule has 0 saturated heterocycles. The Kier molecular flexibility index (Phi) is 3.76. The molecule has 0 saturated carbocycles. The summed E-state index contributed by atoms with van der Waals surface area (Å²) >= 11 is 1.72. The largest absolute Gasteiger partial charge is 0.378 e. The van der Waals surface area contributed by atoms with Crippen LogP contribution in [0.3, 0.4) is 0 Å². The van der Waals surface area contributed by atoms with Gasteiger partial charge in [0, 0.05) is 36.6 Å². The summed E-state index contributed by atoms with van der Waals surface area (Å²) in [5.41, 5.74) is 4.20. The number of hydrogen-bond acceptors (Lipinski definition) is 6. The van der Waals surface area contributed by atoms with Gasteiger partial charge in [-0.3, -0.25) is 0 Å². The lowest BCUT2D eigenvalue weighted by Crippen LogP contribution is -2.31. The fourth-order valence-electron chi connectivity index (χ4n) is 3.77. The molecule has 3 aromatic heterocycles. The summed E-state index contributed by atoms with van der Waals surface area (Å²) in [6.45, 7) is 6.90. The predicted octanol–water partition coefficient (Wildman–Crippen LogP) is 4.23. The molecule has 1 aromatic carbocycles. The minimum Gasteiger partial charge on any atom is -0.378 e. The quantitative estimate of drug-likeness (QED) is 0.510. The maximum atomic E-state index is 6.00. The first-order valence-electron chi connectivity index (χ1n) is 9.42. The summed E-state index contributed by atoms with van der Waals surface area (Å²) in [5.74, 6) is 1.58. The monoisotopic (exact) mass is 393 g/mol. The first-order valence-corrected chi connectivity index (χ1v) is 10.2. The first-order chi connectivity index (χ1) is 13.3. The van der Waals surface area contributed by atoms with Gasteiger partial charge in [0.1, 0.15) is 10.7 Å². The molecular formula is C21H23N5OS. The Labute approximate surface area is 167 Å². The van der Waals surface area contributed by atoms with E-state index in [-0.39, 0.29) is 5.60 Å². The molecule has 144 valence electrons. The lowest BCUT2D eigenvalue weighted by molar-refractivity contribution is -0.0379. The molecule has 4 aromatic rings. The van der Waals surface area contributed by atoms with Crippen LogP contribution in [0.2, 0.25) is 0 Å². The fraction of sp³-hybridized carbons (Fsp3) is 0.381. The normalized spacial score (nSPS) is 15.9. The average molecular weight is 394 g/mol. The minimum atomic E-state index is -0.173. The van der Waals surface area contributed by atoms with Crippen molar-refractivity contribution in [1.29, 1.82) is 0 Å². The number of aryl methyl sites for hydroxylation is 1. The van der Waals surface area contributed by atoms with E-state index >= 15 is 0 Å². The zero-order valence-corrected chi connectivity index (χ0v) is 17.6. The molecule has 1 aliphatic heterocycles. The van der Waals surface area contributed by atoms with Crippen LogP contribution in [-0.2, 0) is 17.8 Å². The molecule has 6 nitrogen and oxygen atoms in total. The van der Waals surface area contributed by atoms with Crippen LogP contribution in [0, 0.1) is 6.92 Å². The zero-order chi connectivity index (χ0) is 19.6. The van der Waals surface area contributed by atoms with E-state index in [0.717, 1.165) is 45.2 Å². The van der Waals surface area contributed by atoms with Crippen molar-refractivity contribution >= 4 is 32.9 Å². The van der Waals surface area contributed by atoms with Gasteiger partial charge in [-0.25, -0.2) is 9.97 Å². The van der Waals surface area contributed by atoms with Crippen molar-refractivity contribution in [1.82, 2.24) is 19.6 Å². The molecule has 0 N–H and O–H groups in total. The average Bonchev–Trinajstić information content (AvgIpc) is 3.22. The van der Waals surface area contributed by atoms with E-state index in [1.165, 1.54) is 10.4 Å². The highest BCUT2D eigenvalue weighted by molar-refractivity contribution is 7.19. The number of hydrogen-bond donors (Lipinski definition) is 0. The molecule has 5 rings (SSSR count). The number of benzene rings is 1. The van der Waals surface area contributed by atoms with Crippen molar-refractivity contribution in [2.45, 2.75) is 39.4 Å². The number of ether oxygens (including phenoxy) is 1. The van der Waals surface area contributed by atoms with Gasteiger partial charge >= 0.3 is 0 Å². The van der Waals surface area contributed by atoms with Crippen molar-refractivity contribution in [2.24, 2.45) is 0 Å². The Morgan fingerprint density at radius 3 is 2.61 bits per heavy atom. The molecular weight excluding hydrogens is 370 g/mol. The third kappa shape index (κ3) is 2.69. The summed E-state index contributed by atoms with van der Waals surface area (Å²) in [6.07, 6.45) is 0.864. The van der Waals surface area contributed by atoms with Crippen LogP contribution in [0.1, 0.15) is 30.1 Å². The van der Waals surface area contributed by atoms with Gasteiger partial charge in [-0.05, 0) is 50.6 Å². The second-order valence-corrected chi connectivity index (χ2v) is 9.26. The second kappa shape index (κ2) is 5.99. The Hall–Kier alpha value is -2.51. The van der Waals surface area contributed by atoms with E-state index in [4.69, 9.17) is 19.8 Å². The fourth-order valence-corrected chi connectivity index (χ4v) is 4.92. The number of fused-ring (bicyclic) bond motifs is 5. The highest BCUT2D eigenvalue weighted by Gasteiger charge is 2.31. The van der Waals surface area contributed by atoms with Crippen molar-refractivity contribution in [2.75, 3.05) is 19.0 Å². The molecule has 1 aliphatic rings. The van der Waals surface area contributed by atoms with Gasteiger partial charge in [0.15, 0.2) is 11.5 Å². The molecule has 4 heterocycles. The van der Waals surface area contributed by atoms with Gasteiger partial charge < -0.3 is 9.64 Å². The molecule has 7 heteroatoms. The van der Waals surface area contributed by atoms with E-state index in [2.05, 4.69) is 43.0 Å². The van der Waals surface area contributed by atoms with Crippen LogP contribution < -0.4 is 4.90 Å². The number of thiophene rings is 1. The van der Waals surface area contributed by atoms with Crippen molar-refractivity contribution in [3.63, 3.8) is 0 Å². The number of aromatic nitrogens is 4. The van der Waals surface area contributed by atoms with Gasteiger partial charge in [0.05, 0.1) is 17.6 Å². The van der Waals surface area contributed by atoms with Gasteiger partial charge in [-0.1, -0.05) is 0 Å². The summed E-state index contributed by atoms with van der Waals surface area (Å²) in [5, 5.41) is 5.91. The van der Waals surface area contributed by atoms with Gasteiger partial charge in [0.25, 0.3) is 0 Å². The van der Waals surface area contributed by atoms with Crippen molar-refractivity contribution in [3.8, 4) is 11.4 Å². The maximum Gasteiger partial charge on any atom is 0.182 e. The highest BCUT2D eigenvalue weighted by atomic mass is 32.1. The smallest absolute Gasteiger partial charge is 0.182 e. The Balaban J connectivity index is 1.71. The molecule has 0 unspecified atom stereocenters. The Bertz CT molecular complexity index is 1200. The topological polar surface area (TPSA) is 55.6 Å². The van der Waals surface area contributed by atoms with Gasteiger partial charge in [-0.15, -0.1) is 16.4 Å². The highest BCUT2D eigenvalue weighted by Crippen LogP contribution is 2.40. The number of nitrogens with zero attached hydrogens (tertiary/aromatic N) is 5. The van der Waals surface area contributed by atoms with Crippen LogP contribution in [-0.4, -0.2) is 39.3 Å². The minimum absolute atomic E-state index is 0.173. The molecule has 0 aliphatic carbocycles. The predicted molar refractivity (Wildman–Crippen MR) is 113 cm³/mol. The Morgan fingerprint density at radius 1 is 1.14 bits per heavy atom. The van der Waals surface area contributed by atoms with Gasteiger partial charge in [-0.2, -0.15) is 4.52 Å². The van der Waals surface area contributed by atoms with Crippen LogP contribution in [0.15, 0.2) is 24.3 Å². The standard InChI is InChI=1S/C21H23N5OS/c1-12-22-20-17(15-10-21(2,3)27-11-16(15)28-20)19-23-18(24-26(12)19)13-6-8-14(9-7-13)25(4)5/h6-9H,10-11H2,1-5H3. The van der Waals surface area contributed by atoms with E-state index in [1.54, 1.807) is 11.3 Å². The molecule has 0 fully saturated rings. The van der Waals surface area contributed by atoms with Gasteiger partial charge in [0.2, 0.25) is 0 Å².